The summed E-state index contributed by atoms with van der Waals surface area (Å²) in [5.41, 5.74) is 5.34. The lowest BCUT2D eigenvalue weighted by atomic mass is 10.4. The molecule has 4 N–H and O–H groups in total. The quantitative estimate of drug-likeness (QED) is 0.553. The average Bonchev–Trinajstić information content (AvgIpc) is 2.60. The Bertz CT molecular complexity index is 235. The van der Waals surface area contributed by atoms with E-state index in [4.69, 9.17) is 15.3 Å². The molecule has 1 heterocycles. The smallest absolute Gasteiger partial charge is 0.129 e. The second-order valence-electron chi connectivity index (χ2n) is 2.85. The SMILES string of the molecule is NCCCNCc1ccc(CO)o1. The third-order valence-corrected chi connectivity index (χ3v) is 1.73. The molecule has 0 bridgehead atoms. The summed E-state index contributed by atoms with van der Waals surface area (Å²) >= 11 is 0. The van der Waals surface area contributed by atoms with Crippen molar-refractivity contribution in [1.82, 2.24) is 5.32 Å². The van der Waals surface area contributed by atoms with Crippen molar-refractivity contribution in [1.29, 1.82) is 0 Å². The van der Waals surface area contributed by atoms with Crippen molar-refractivity contribution in [2.75, 3.05) is 13.1 Å². The minimum atomic E-state index is -0.0389. The van der Waals surface area contributed by atoms with Crippen molar-refractivity contribution in [3.63, 3.8) is 0 Å². The van der Waals surface area contributed by atoms with Crippen molar-refractivity contribution in [3.05, 3.63) is 23.7 Å². The summed E-state index contributed by atoms with van der Waals surface area (Å²) < 4.78 is 5.27. The van der Waals surface area contributed by atoms with Crippen LogP contribution in [0.15, 0.2) is 16.5 Å². The first-order chi connectivity index (χ1) is 6.36. The number of aliphatic hydroxyl groups excluding tert-OH is 1. The first-order valence-electron chi connectivity index (χ1n) is 4.46. The van der Waals surface area contributed by atoms with E-state index >= 15 is 0 Å². The molecule has 0 fully saturated rings. The van der Waals surface area contributed by atoms with Crippen LogP contribution in [0.4, 0.5) is 0 Å². The molecule has 0 aromatic carbocycles. The fourth-order valence-electron chi connectivity index (χ4n) is 1.04. The molecule has 13 heavy (non-hydrogen) atoms. The second-order valence-corrected chi connectivity index (χ2v) is 2.85. The molecule has 1 aromatic rings. The van der Waals surface area contributed by atoms with Crippen LogP contribution in [0.25, 0.3) is 0 Å². The molecule has 0 spiro atoms. The van der Waals surface area contributed by atoms with Crippen LogP contribution in [0.3, 0.4) is 0 Å². The number of nitrogens with two attached hydrogens (primary N) is 1. The Hall–Kier alpha value is -0.840. The van der Waals surface area contributed by atoms with Gasteiger partial charge in [-0.05, 0) is 31.6 Å². The van der Waals surface area contributed by atoms with Gasteiger partial charge in [0, 0.05) is 0 Å². The summed E-state index contributed by atoms with van der Waals surface area (Å²) in [6.45, 7) is 2.25. The van der Waals surface area contributed by atoms with Gasteiger partial charge < -0.3 is 20.6 Å². The molecule has 0 saturated heterocycles. The molecular formula is C9H16N2O2. The Kier molecular flexibility index (Phi) is 4.53. The molecule has 0 aliphatic heterocycles. The van der Waals surface area contributed by atoms with Crippen LogP contribution in [0.5, 0.6) is 0 Å². The predicted molar refractivity (Wildman–Crippen MR) is 50.0 cm³/mol. The van der Waals surface area contributed by atoms with Crippen LogP contribution in [0.1, 0.15) is 17.9 Å². The third-order valence-electron chi connectivity index (χ3n) is 1.73. The van der Waals surface area contributed by atoms with Gasteiger partial charge in [0.05, 0.1) is 6.54 Å². The normalized spacial score (nSPS) is 10.6. The van der Waals surface area contributed by atoms with Crippen LogP contribution in [0.2, 0.25) is 0 Å². The molecule has 1 rings (SSSR count). The summed E-state index contributed by atoms with van der Waals surface area (Å²) in [5.74, 6) is 1.46. The van der Waals surface area contributed by atoms with Crippen LogP contribution in [-0.4, -0.2) is 18.2 Å². The molecule has 0 aliphatic rings. The van der Waals surface area contributed by atoms with E-state index in [0.717, 1.165) is 18.7 Å². The van der Waals surface area contributed by atoms with E-state index < -0.39 is 0 Å². The summed E-state index contributed by atoms with van der Waals surface area (Å²) in [5, 5.41) is 11.9. The standard InChI is InChI=1S/C9H16N2O2/c10-4-1-5-11-6-8-2-3-9(7-12)13-8/h2-3,11-12H,1,4-7,10H2. The largest absolute Gasteiger partial charge is 0.462 e. The van der Waals surface area contributed by atoms with Crippen molar-refractivity contribution in [2.24, 2.45) is 5.73 Å². The lowest BCUT2D eigenvalue weighted by molar-refractivity contribution is 0.243. The maximum absolute atomic E-state index is 8.73. The number of aliphatic hydroxyl groups is 1. The van der Waals surface area contributed by atoms with Gasteiger partial charge in [-0.3, -0.25) is 0 Å². The van der Waals surface area contributed by atoms with Gasteiger partial charge in [-0.25, -0.2) is 0 Å². The second kappa shape index (κ2) is 5.75. The summed E-state index contributed by atoms with van der Waals surface area (Å²) in [6.07, 6.45) is 0.966. The summed E-state index contributed by atoms with van der Waals surface area (Å²) in [4.78, 5) is 0. The summed E-state index contributed by atoms with van der Waals surface area (Å²) in [7, 11) is 0. The number of rotatable bonds is 6. The van der Waals surface area contributed by atoms with Crippen molar-refractivity contribution in [2.45, 2.75) is 19.6 Å². The zero-order valence-electron chi connectivity index (χ0n) is 7.62. The molecular weight excluding hydrogens is 168 g/mol. The van der Waals surface area contributed by atoms with E-state index in [1.807, 2.05) is 6.07 Å². The number of furan rings is 1. The zero-order valence-corrected chi connectivity index (χ0v) is 7.62. The fraction of sp³-hybridized carbons (Fsp3) is 0.556. The molecule has 4 heteroatoms. The van der Waals surface area contributed by atoms with E-state index in [9.17, 15) is 0 Å². The maximum Gasteiger partial charge on any atom is 0.129 e. The molecule has 4 nitrogen and oxygen atoms in total. The lowest BCUT2D eigenvalue weighted by Crippen LogP contribution is -2.17. The van der Waals surface area contributed by atoms with Gasteiger partial charge in [0.1, 0.15) is 18.1 Å². The minimum absolute atomic E-state index is 0.0389. The highest BCUT2D eigenvalue weighted by Gasteiger charge is 1.99. The molecule has 0 saturated carbocycles. The molecule has 0 aliphatic carbocycles. The number of hydrogen-bond donors (Lipinski definition) is 3. The average molecular weight is 184 g/mol. The topological polar surface area (TPSA) is 71.4 Å². The number of hydrogen-bond acceptors (Lipinski definition) is 4. The molecule has 0 amide bonds. The van der Waals surface area contributed by atoms with E-state index in [1.165, 1.54) is 0 Å². The Balaban J connectivity index is 2.20. The minimum Gasteiger partial charge on any atom is -0.462 e. The monoisotopic (exact) mass is 184 g/mol. The first kappa shape index (κ1) is 10.2. The molecule has 1 aromatic heterocycles. The maximum atomic E-state index is 8.73. The number of nitrogens with one attached hydrogen (secondary N) is 1. The van der Waals surface area contributed by atoms with E-state index in [0.29, 0.717) is 18.8 Å². The van der Waals surface area contributed by atoms with E-state index in [1.54, 1.807) is 6.07 Å². The Morgan fingerprint density at radius 3 is 2.77 bits per heavy atom. The van der Waals surface area contributed by atoms with Crippen LogP contribution in [0, 0.1) is 0 Å². The van der Waals surface area contributed by atoms with Gasteiger partial charge in [-0.1, -0.05) is 0 Å². The lowest BCUT2D eigenvalue weighted by Gasteiger charge is -1.99. The predicted octanol–water partition coefficient (Wildman–Crippen LogP) is 0.210. The van der Waals surface area contributed by atoms with Gasteiger partial charge in [-0.15, -0.1) is 0 Å². The van der Waals surface area contributed by atoms with Gasteiger partial charge in [0.15, 0.2) is 0 Å². The van der Waals surface area contributed by atoms with E-state index in [-0.39, 0.29) is 6.61 Å². The first-order valence-corrected chi connectivity index (χ1v) is 4.46. The highest BCUT2D eigenvalue weighted by atomic mass is 16.4. The Morgan fingerprint density at radius 1 is 1.38 bits per heavy atom. The van der Waals surface area contributed by atoms with Crippen LogP contribution < -0.4 is 11.1 Å². The molecule has 0 atom stereocenters. The third kappa shape index (κ3) is 3.59. The van der Waals surface area contributed by atoms with Crippen molar-refractivity contribution < 1.29 is 9.52 Å². The molecule has 0 unspecified atom stereocenters. The van der Waals surface area contributed by atoms with Gasteiger partial charge in [0.2, 0.25) is 0 Å². The van der Waals surface area contributed by atoms with Crippen molar-refractivity contribution in [3.8, 4) is 0 Å². The highest BCUT2D eigenvalue weighted by Crippen LogP contribution is 2.06. The highest BCUT2D eigenvalue weighted by molar-refractivity contribution is 5.05. The van der Waals surface area contributed by atoms with Gasteiger partial charge in [-0.2, -0.15) is 0 Å². The van der Waals surface area contributed by atoms with Gasteiger partial charge >= 0.3 is 0 Å². The molecule has 0 radical (unpaired) electrons. The van der Waals surface area contributed by atoms with Crippen LogP contribution in [-0.2, 0) is 13.2 Å². The van der Waals surface area contributed by atoms with E-state index in [2.05, 4.69) is 5.32 Å². The Labute approximate surface area is 77.7 Å². The summed E-state index contributed by atoms with van der Waals surface area (Å²) in [6, 6.07) is 3.64. The fourth-order valence-corrected chi connectivity index (χ4v) is 1.04. The van der Waals surface area contributed by atoms with Crippen LogP contribution >= 0.6 is 0 Å². The molecule has 74 valence electrons. The Morgan fingerprint density at radius 2 is 2.15 bits per heavy atom. The van der Waals surface area contributed by atoms with Crippen molar-refractivity contribution >= 4 is 0 Å². The van der Waals surface area contributed by atoms with Gasteiger partial charge in [0.25, 0.3) is 0 Å². The zero-order chi connectivity index (χ0) is 9.52.